The highest BCUT2D eigenvalue weighted by Crippen LogP contribution is 2.17. The van der Waals surface area contributed by atoms with E-state index in [4.69, 9.17) is 0 Å². The Morgan fingerprint density at radius 3 is 2.09 bits per heavy atom. The van der Waals surface area contributed by atoms with E-state index < -0.39 is 0 Å². The predicted molar refractivity (Wildman–Crippen MR) is 91.1 cm³/mol. The van der Waals surface area contributed by atoms with E-state index in [1.54, 1.807) is 29.2 Å². The summed E-state index contributed by atoms with van der Waals surface area (Å²) in [6, 6.07) is 6.92. The van der Waals surface area contributed by atoms with Gasteiger partial charge in [-0.3, -0.25) is 14.4 Å². The molecule has 6 heteroatoms. The minimum atomic E-state index is -0.322. The average Bonchev–Trinajstić information content (AvgIpc) is 2.36. The third-order valence-electron chi connectivity index (χ3n) is 3.22. The summed E-state index contributed by atoms with van der Waals surface area (Å²) in [5.41, 5.74) is 0.902. The number of benzene rings is 1. The zero-order chi connectivity index (χ0) is 17.6. The average molecular weight is 319 g/mol. The van der Waals surface area contributed by atoms with Crippen LogP contribution in [0, 0.1) is 0 Å². The van der Waals surface area contributed by atoms with Crippen LogP contribution >= 0.6 is 0 Å². The second-order valence-corrected chi connectivity index (χ2v) is 6.40. The second kappa shape index (κ2) is 7.76. The Kier molecular flexibility index (Phi) is 6.30. The molecule has 3 amide bonds. The van der Waals surface area contributed by atoms with Gasteiger partial charge < -0.3 is 15.5 Å². The van der Waals surface area contributed by atoms with Crippen LogP contribution < -0.4 is 10.6 Å². The van der Waals surface area contributed by atoms with Gasteiger partial charge in [-0.25, -0.2) is 0 Å². The lowest BCUT2D eigenvalue weighted by atomic mass is 10.1. The van der Waals surface area contributed by atoms with Crippen molar-refractivity contribution in [2.75, 3.05) is 17.2 Å². The van der Waals surface area contributed by atoms with Gasteiger partial charge in [0.2, 0.25) is 17.7 Å². The molecule has 23 heavy (non-hydrogen) atoms. The van der Waals surface area contributed by atoms with Crippen LogP contribution in [0.25, 0.3) is 0 Å². The zero-order valence-corrected chi connectivity index (χ0v) is 14.4. The summed E-state index contributed by atoms with van der Waals surface area (Å²) >= 11 is 0. The molecule has 0 heterocycles. The number of carbonyl (C=O) groups excluding carboxylic acids is 3. The molecule has 0 atom stereocenters. The fourth-order valence-electron chi connectivity index (χ4n) is 2.28. The second-order valence-electron chi connectivity index (χ2n) is 6.40. The van der Waals surface area contributed by atoms with Crippen molar-refractivity contribution in [3.8, 4) is 0 Å². The van der Waals surface area contributed by atoms with E-state index in [2.05, 4.69) is 10.6 Å². The van der Waals surface area contributed by atoms with E-state index >= 15 is 0 Å². The number of nitrogens with one attached hydrogen (secondary N) is 2. The van der Waals surface area contributed by atoms with Gasteiger partial charge in [-0.05, 0) is 39.0 Å². The minimum absolute atomic E-state index is 0.0574. The molecule has 0 radical (unpaired) electrons. The van der Waals surface area contributed by atoms with E-state index in [0.717, 1.165) is 0 Å². The number of rotatable bonds is 5. The first-order chi connectivity index (χ1) is 10.6. The fourth-order valence-corrected chi connectivity index (χ4v) is 2.28. The molecule has 1 aromatic carbocycles. The lowest BCUT2D eigenvalue weighted by Gasteiger charge is -2.34. The zero-order valence-electron chi connectivity index (χ0n) is 14.4. The number of hydrogen-bond acceptors (Lipinski definition) is 3. The molecular weight excluding hydrogens is 294 g/mol. The van der Waals surface area contributed by atoms with Crippen LogP contribution in [0.5, 0.6) is 0 Å². The van der Waals surface area contributed by atoms with Crippen LogP contribution in [-0.2, 0) is 14.4 Å². The summed E-state index contributed by atoms with van der Waals surface area (Å²) in [4.78, 5) is 36.4. The highest BCUT2D eigenvalue weighted by molar-refractivity contribution is 5.93. The van der Waals surface area contributed by atoms with Gasteiger partial charge in [0.15, 0.2) is 0 Å². The third kappa shape index (κ3) is 6.50. The summed E-state index contributed by atoms with van der Waals surface area (Å²) < 4.78 is 0. The SMILES string of the molecule is CC(=O)Nc1cccc(NC(=O)CCN(C(C)=O)C(C)(C)C)c1. The molecule has 0 saturated carbocycles. The molecule has 0 spiro atoms. The van der Waals surface area contributed by atoms with Crippen LogP contribution in [-0.4, -0.2) is 34.7 Å². The topological polar surface area (TPSA) is 78.5 Å². The van der Waals surface area contributed by atoms with E-state index in [1.165, 1.54) is 13.8 Å². The van der Waals surface area contributed by atoms with Crippen molar-refractivity contribution in [2.24, 2.45) is 0 Å². The minimum Gasteiger partial charge on any atom is -0.338 e. The van der Waals surface area contributed by atoms with Crippen molar-refractivity contribution >= 4 is 29.1 Å². The van der Waals surface area contributed by atoms with E-state index in [1.807, 2.05) is 20.8 Å². The Balaban J connectivity index is 2.63. The largest absolute Gasteiger partial charge is 0.338 e. The number of hydrogen-bond donors (Lipinski definition) is 2. The highest BCUT2D eigenvalue weighted by atomic mass is 16.2. The summed E-state index contributed by atoms with van der Waals surface area (Å²) in [5, 5.41) is 5.43. The molecule has 0 aromatic heterocycles. The number of nitrogens with zero attached hydrogens (tertiary/aromatic N) is 1. The monoisotopic (exact) mass is 319 g/mol. The molecule has 1 aromatic rings. The number of anilines is 2. The van der Waals surface area contributed by atoms with Crippen LogP contribution in [0.1, 0.15) is 41.0 Å². The maximum Gasteiger partial charge on any atom is 0.226 e. The first kappa shape index (κ1) is 18.7. The van der Waals surface area contributed by atoms with Crippen molar-refractivity contribution in [2.45, 2.75) is 46.6 Å². The molecule has 0 aliphatic carbocycles. The lowest BCUT2D eigenvalue weighted by molar-refractivity contribution is -0.134. The predicted octanol–water partition coefficient (Wildman–Crippen LogP) is 2.62. The van der Waals surface area contributed by atoms with Gasteiger partial charge in [-0.15, -0.1) is 0 Å². The molecule has 0 unspecified atom stereocenters. The van der Waals surface area contributed by atoms with Crippen LogP contribution in [0.4, 0.5) is 11.4 Å². The normalized spacial score (nSPS) is 10.8. The van der Waals surface area contributed by atoms with E-state index in [-0.39, 0.29) is 29.7 Å². The molecular formula is C17H25N3O3. The van der Waals surface area contributed by atoms with Crippen molar-refractivity contribution in [3.63, 3.8) is 0 Å². The fraction of sp³-hybridized carbons (Fsp3) is 0.471. The molecule has 2 N–H and O–H groups in total. The van der Waals surface area contributed by atoms with Crippen molar-refractivity contribution < 1.29 is 14.4 Å². The van der Waals surface area contributed by atoms with Gasteiger partial charge >= 0.3 is 0 Å². The Bertz CT molecular complexity index is 591. The molecule has 0 fully saturated rings. The van der Waals surface area contributed by atoms with Crippen molar-refractivity contribution in [1.29, 1.82) is 0 Å². The Morgan fingerprint density at radius 1 is 1.04 bits per heavy atom. The molecule has 0 aliphatic rings. The maximum absolute atomic E-state index is 12.1. The summed E-state index contributed by atoms with van der Waals surface area (Å²) in [6.45, 7) is 9.08. The molecule has 0 aliphatic heterocycles. The molecule has 6 nitrogen and oxygen atoms in total. The quantitative estimate of drug-likeness (QED) is 0.875. The van der Waals surface area contributed by atoms with Gasteiger partial charge in [0.05, 0.1) is 0 Å². The first-order valence-corrected chi connectivity index (χ1v) is 7.55. The van der Waals surface area contributed by atoms with Gasteiger partial charge in [-0.2, -0.15) is 0 Å². The Labute approximate surface area is 137 Å². The van der Waals surface area contributed by atoms with Crippen LogP contribution in [0.2, 0.25) is 0 Å². The van der Waals surface area contributed by atoms with Gasteiger partial charge in [0.25, 0.3) is 0 Å². The van der Waals surface area contributed by atoms with Crippen molar-refractivity contribution in [1.82, 2.24) is 4.90 Å². The van der Waals surface area contributed by atoms with Crippen LogP contribution in [0.3, 0.4) is 0 Å². The molecule has 126 valence electrons. The number of amides is 3. The molecule has 1 rings (SSSR count). The third-order valence-corrected chi connectivity index (χ3v) is 3.22. The summed E-state index contributed by atoms with van der Waals surface area (Å²) in [5.74, 6) is -0.408. The van der Waals surface area contributed by atoms with Gasteiger partial charge in [0.1, 0.15) is 0 Å². The molecule has 0 bridgehead atoms. The standard InChI is InChI=1S/C17H25N3O3/c1-12(21)18-14-7-6-8-15(11-14)19-16(23)9-10-20(13(2)22)17(3,4)5/h6-8,11H,9-10H2,1-5H3,(H,18,21)(H,19,23). The summed E-state index contributed by atoms with van der Waals surface area (Å²) in [6.07, 6.45) is 0.210. The summed E-state index contributed by atoms with van der Waals surface area (Å²) in [7, 11) is 0. The first-order valence-electron chi connectivity index (χ1n) is 7.55. The smallest absolute Gasteiger partial charge is 0.226 e. The lowest BCUT2D eigenvalue weighted by Crippen LogP contribution is -2.45. The van der Waals surface area contributed by atoms with Crippen molar-refractivity contribution in [3.05, 3.63) is 24.3 Å². The highest BCUT2D eigenvalue weighted by Gasteiger charge is 2.24. The Hall–Kier alpha value is -2.37. The van der Waals surface area contributed by atoms with Crippen LogP contribution in [0.15, 0.2) is 24.3 Å². The van der Waals surface area contributed by atoms with E-state index in [9.17, 15) is 14.4 Å². The Morgan fingerprint density at radius 2 is 1.61 bits per heavy atom. The van der Waals surface area contributed by atoms with E-state index in [0.29, 0.717) is 17.9 Å². The number of carbonyl (C=O) groups is 3. The van der Waals surface area contributed by atoms with Gasteiger partial charge in [0, 0.05) is 43.7 Å². The molecule has 0 saturated heterocycles. The maximum atomic E-state index is 12.1. The van der Waals surface area contributed by atoms with Gasteiger partial charge in [-0.1, -0.05) is 6.07 Å².